The van der Waals surface area contributed by atoms with Gasteiger partial charge in [0.05, 0.1) is 37.3 Å². The molecule has 3 aliphatic heterocycles. The highest BCUT2D eigenvalue weighted by Gasteiger charge is 2.57. The normalized spacial score (nSPS) is 25.2. The van der Waals surface area contributed by atoms with E-state index >= 15 is 0 Å². The first-order valence-corrected chi connectivity index (χ1v) is 14.2. The average molecular weight is 562 g/mol. The summed E-state index contributed by atoms with van der Waals surface area (Å²) in [5.74, 6) is 1.08. The van der Waals surface area contributed by atoms with Crippen molar-refractivity contribution in [3.63, 3.8) is 0 Å². The van der Waals surface area contributed by atoms with Gasteiger partial charge in [-0.2, -0.15) is 5.26 Å². The third-order valence-corrected chi connectivity index (χ3v) is 8.17. The number of halogens is 1. The number of cyclic esters (lactones) is 1. The van der Waals surface area contributed by atoms with Crippen LogP contribution >= 0.6 is 0 Å². The quantitative estimate of drug-likeness (QED) is 0.528. The molecule has 10 nitrogen and oxygen atoms in total. The van der Waals surface area contributed by atoms with Gasteiger partial charge in [-0.1, -0.05) is 12.5 Å². The molecule has 2 amide bonds. The molecule has 2 aromatic rings. The number of piperidine rings is 2. The summed E-state index contributed by atoms with van der Waals surface area (Å²) in [6.07, 6.45) is 9.10. The highest BCUT2D eigenvalue weighted by molar-refractivity contribution is 5.90. The van der Waals surface area contributed by atoms with Crippen LogP contribution in [0.2, 0.25) is 0 Å². The average Bonchev–Trinajstić information content (AvgIpc) is 3.26. The number of nitrogens with one attached hydrogen (secondary N) is 1. The van der Waals surface area contributed by atoms with Crippen molar-refractivity contribution in [3.8, 4) is 17.2 Å². The van der Waals surface area contributed by atoms with Crippen LogP contribution in [0, 0.1) is 34.9 Å². The first kappa shape index (κ1) is 28.4. The first-order chi connectivity index (χ1) is 20.0. The fraction of sp³-hybridized carbons (Fsp3) is 0.467. The number of aromatic nitrogens is 1. The Morgan fingerprint density at radius 2 is 1.98 bits per heavy atom. The predicted octanol–water partition coefficient (Wildman–Crippen LogP) is 2.93. The Bertz CT molecular complexity index is 1280. The topological polar surface area (TPSA) is 128 Å². The van der Waals surface area contributed by atoms with Crippen molar-refractivity contribution in [2.45, 2.75) is 25.4 Å². The van der Waals surface area contributed by atoms with E-state index in [4.69, 9.17) is 15.7 Å². The fourth-order valence-corrected chi connectivity index (χ4v) is 5.86. The Kier molecular flexibility index (Phi) is 8.99. The summed E-state index contributed by atoms with van der Waals surface area (Å²) in [6, 6.07) is 10.5. The molecule has 6 rings (SSSR count). The summed E-state index contributed by atoms with van der Waals surface area (Å²) in [7, 11) is 0. The molecule has 3 N–H and O–H groups in total. The second-order valence-electron chi connectivity index (χ2n) is 10.9. The van der Waals surface area contributed by atoms with Gasteiger partial charge in [-0.05, 0) is 62.0 Å². The number of amides is 2. The Morgan fingerprint density at radius 3 is 2.63 bits per heavy atom. The van der Waals surface area contributed by atoms with Crippen LogP contribution in [0.3, 0.4) is 0 Å². The molecule has 3 saturated heterocycles. The van der Waals surface area contributed by atoms with E-state index in [2.05, 4.69) is 21.3 Å². The molecule has 4 aliphatic rings. The third kappa shape index (κ3) is 6.77. The Balaban J connectivity index is 0.000000174. The summed E-state index contributed by atoms with van der Waals surface area (Å²) in [5, 5.41) is 11.8. The standard InChI is InChI=1S/C17H17FN4O2.C13H19N3O/c18-16-8-13(3-4-15(16)12-2-1-6-20-9-12)22-11-14(24-17(22)23)10-21-7-5-19;14-6-10-11-7-16(8-12(10)11)13(17)9-15-4-2-1-3-5-15/h1-9,14,21H,10-11,19H2;10-12H,1-5,7-9H2/b7-5-;/t;10?,11-,12+. The molecule has 2 unspecified atom stereocenters. The zero-order valence-corrected chi connectivity index (χ0v) is 23.0. The summed E-state index contributed by atoms with van der Waals surface area (Å²) in [6.45, 7) is 5.18. The van der Waals surface area contributed by atoms with E-state index in [1.54, 1.807) is 42.9 Å². The molecule has 4 heterocycles. The third-order valence-electron chi connectivity index (χ3n) is 8.17. The molecule has 11 heteroatoms. The van der Waals surface area contributed by atoms with Gasteiger partial charge in [0.1, 0.15) is 11.9 Å². The maximum Gasteiger partial charge on any atom is 0.414 e. The van der Waals surface area contributed by atoms with Crippen LogP contribution in [0.15, 0.2) is 55.1 Å². The zero-order chi connectivity index (χ0) is 28.8. The summed E-state index contributed by atoms with van der Waals surface area (Å²) in [4.78, 5) is 33.7. The maximum atomic E-state index is 14.4. The van der Waals surface area contributed by atoms with Gasteiger partial charge in [-0.25, -0.2) is 9.18 Å². The minimum atomic E-state index is -0.493. The van der Waals surface area contributed by atoms with Gasteiger partial charge in [0.2, 0.25) is 5.91 Å². The van der Waals surface area contributed by atoms with Crippen LogP contribution < -0.4 is 16.0 Å². The van der Waals surface area contributed by atoms with E-state index in [0.29, 0.717) is 48.3 Å². The van der Waals surface area contributed by atoms with E-state index < -0.39 is 11.9 Å². The number of rotatable bonds is 7. The van der Waals surface area contributed by atoms with Gasteiger partial charge < -0.3 is 20.7 Å². The van der Waals surface area contributed by atoms with E-state index in [0.717, 1.165) is 26.2 Å². The van der Waals surface area contributed by atoms with Gasteiger partial charge in [0.15, 0.2) is 0 Å². The van der Waals surface area contributed by atoms with Gasteiger partial charge in [0.25, 0.3) is 0 Å². The number of carbonyl (C=O) groups is 2. The number of likely N-dealkylation sites (tertiary alicyclic amines) is 2. The number of pyridine rings is 1. The van der Waals surface area contributed by atoms with Crippen molar-refractivity contribution in [1.82, 2.24) is 20.1 Å². The zero-order valence-electron chi connectivity index (χ0n) is 23.0. The largest absolute Gasteiger partial charge is 0.442 e. The van der Waals surface area contributed by atoms with Crippen LogP contribution in [0.5, 0.6) is 0 Å². The number of nitrogens with two attached hydrogens (primary N) is 1. The minimum Gasteiger partial charge on any atom is -0.442 e. The summed E-state index contributed by atoms with van der Waals surface area (Å²) < 4.78 is 19.7. The van der Waals surface area contributed by atoms with E-state index in [-0.39, 0.29) is 17.9 Å². The lowest BCUT2D eigenvalue weighted by Crippen LogP contribution is -2.42. The predicted molar refractivity (Wildman–Crippen MR) is 152 cm³/mol. The Morgan fingerprint density at radius 1 is 1.20 bits per heavy atom. The molecule has 0 spiro atoms. The van der Waals surface area contributed by atoms with Gasteiger partial charge in [0, 0.05) is 49.0 Å². The number of hydrogen-bond donors (Lipinski definition) is 2. The van der Waals surface area contributed by atoms with Crippen molar-refractivity contribution >= 4 is 17.7 Å². The number of nitrogens with zero attached hydrogens (tertiary/aromatic N) is 5. The lowest BCUT2D eigenvalue weighted by atomic mass is 10.1. The first-order valence-electron chi connectivity index (χ1n) is 14.2. The summed E-state index contributed by atoms with van der Waals surface area (Å²) >= 11 is 0. The van der Waals surface area contributed by atoms with Crippen LogP contribution in [-0.2, 0) is 9.53 Å². The van der Waals surface area contributed by atoms with Crippen molar-refractivity contribution in [2.75, 3.05) is 50.7 Å². The molecule has 0 bridgehead atoms. The lowest BCUT2D eigenvalue weighted by molar-refractivity contribution is -0.132. The van der Waals surface area contributed by atoms with E-state index in [9.17, 15) is 14.0 Å². The Hall–Kier alpha value is -4.17. The van der Waals surface area contributed by atoms with Gasteiger partial charge >= 0.3 is 6.09 Å². The lowest BCUT2D eigenvalue weighted by Gasteiger charge is -2.28. The molecule has 4 fully saturated rings. The molecular formula is C30H36FN7O3. The second kappa shape index (κ2) is 13.0. The number of ether oxygens (including phenoxy) is 1. The smallest absolute Gasteiger partial charge is 0.414 e. The summed E-state index contributed by atoms with van der Waals surface area (Å²) in [5.41, 5.74) is 6.81. The number of benzene rings is 1. The molecule has 216 valence electrons. The maximum absolute atomic E-state index is 14.4. The van der Waals surface area contributed by atoms with Gasteiger partial charge in [-0.15, -0.1) is 0 Å². The van der Waals surface area contributed by atoms with Crippen molar-refractivity contribution in [3.05, 3.63) is 60.9 Å². The number of hydrogen-bond acceptors (Lipinski definition) is 8. The number of nitriles is 1. The van der Waals surface area contributed by atoms with E-state index in [1.165, 1.54) is 36.4 Å². The Labute approximate surface area is 239 Å². The fourth-order valence-electron chi connectivity index (χ4n) is 5.86. The molecule has 0 radical (unpaired) electrons. The number of anilines is 1. The molecule has 1 aliphatic carbocycles. The SMILES string of the molecule is N#CC1[C@H]2CN(C(=O)CN3CCCCC3)C[C@@H]12.N/C=C\NCC1CN(c2ccc(-c3cccnc3)c(F)c2)C(=O)O1. The molecule has 1 aromatic carbocycles. The molecule has 4 atom stereocenters. The van der Waals surface area contributed by atoms with E-state index in [1.807, 2.05) is 4.90 Å². The van der Waals surface area contributed by atoms with Crippen molar-refractivity contribution in [2.24, 2.45) is 23.5 Å². The molecule has 1 aromatic heterocycles. The second-order valence-corrected chi connectivity index (χ2v) is 10.9. The van der Waals surface area contributed by atoms with Gasteiger partial charge in [-0.3, -0.25) is 19.6 Å². The van der Waals surface area contributed by atoms with Crippen LogP contribution in [-0.4, -0.2) is 78.7 Å². The van der Waals surface area contributed by atoms with Crippen LogP contribution in [0.25, 0.3) is 11.1 Å². The molecule has 1 saturated carbocycles. The monoisotopic (exact) mass is 561 g/mol. The molecular weight excluding hydrogens is 525 g/mol. The number of fused-ring (bicyclic) bond motifs is 1. The highest BCUT2D eigenvalue weighted by Crippen LogP contribution is 2.51. The molecule has 41 heavy (non-hydrogen) atoms. The van der Waals surface area contributed by atoms with Crippen molar-refractivity contribution in [1.29, 1.82) is 5.26 Å². The highest BCUT2D eigenvalue weighted by atomic mass is 19.1. The van der Waals surface area contributed by atoms with Crippen LogP contribution in [0.1, 0.15) is 19.3 Å². The number of carbonyl (C=O) groups excluding carboxylic acids is 2. The minimum absolute atomic E-state index is 0.244. The van der Waals surface area contributed by atoms with Crippen molar-refractivity contribution < 1.29 is 18.7 Å². The van der Waals surface area contributed by atoms with Crippen LogP contribution in [0.4, 0.5) is 14.9 Å².